The SMILES string of the molecule is Cc1cc2c(cc1Cl)C(N)C1(CCN(C)CC1)C2. The molecule has 18 heavy (non-hydrogen) atoms. The van der Waals surface area contributed by atoms with Crippen LogP contribution in [0.3, 0.4) is 0 Å². The summed E-state index contributed by atoms with van der Waals surface area (Å²) in [6.45, 7) is 4.40. The Morgan fingerprint density at radius 2 is 2.00 bits per heavy atom. The normalized spacial score (nSPS) is 26.6. The van der Waals surface area contributed by atoms with Crippen LogP contribution in [0.1, 0.15) is 35.6 Å². The fourth-order valence-electron chi connectivity index (χ4n) is 3.57. The van der Waals surface area contributed by atoms with Crippen LogP contribution >= 0.6 is 11.6 Å². The number of halogens is 1. The van der Waals surface area contributed by atoms with E-state index >= 15 is 0 Å². The van der Waals surface area contributed by atoms with E-state index in [0.29, 0.717) is 0 Å². The van der Waals surface area contributed by atoms with Crippen LogP contribution in [-0.2, 0) is 6.42 Å². The van der Waals surface area contributed by atoms with Gasteiger partial charge in [0, 0.05) is 11.1 Å². The molecular formula is C15H21ClN2. The summed E-state index contributed by atoms with van der Waals surface area (Å²) < 4.78 is 0. The molecule has 3 heteroatoms. The summed E-state index contributed by atoms with van der Waals surface area (Å²) >= 11 is 6.24. The second kappa shape index (κ2) is 4.22. The van der Waals surface area contributed by atoms with Crippen LogP contribution < -0.4 is 5.73 Å². The Kier molecular flexibility index (Phi) is 2.92. The van der Waals surface area contributed by atoms with Gasteiger partial charge in [-0.2, -0.15) is 0 Å². The van der Waals surface area contributed by atoms with Gasteiger partial charge in [-0.25, -0.2) is 0 Å². The molecule has 1 unspecified atom stereocenters. The van der Waals surface area contributed by atoms with Crippen LogP contribution in [0.4, 0.5) is 0 Å². The Bertz CT molecular complexity index is 476. The summed E-state index contributed by atoms with van der Waals surface area (Å²) in [4.78, 5) is 2.40. The molecule has 1 aliphatic heterocycles. The molecule has 0 radical (unpaired) electrons. The van der Waals surface area contributed by atoms with Crippen LogP contribution in [0.5, 0.6) is 0 Å². The van der Waals surface area contributed by atoms with Gasteiger partial charge < -0.3 is 10.6 Å². The maximum Gasteiger partial charge on any atom is 0.0438 e. The Labute approximate surface area is 114 Å². The third kappa shape index (κ3) is 1.78. The summed E-state index contributed by atoms with van der Waals surface area (Å²) in [6.07, 6.45) is 3.54. The summed E-state index contributed by atoms with van der Waals surface area (Å²) in [7, 11) is 2.20. The molecule has 2 aliphatic rings. The van der Waals surface area contributed by atoms with Crippen molar-refractivity contribution in [1.29, 1.82) is 0 Å². The number of likely N-dealkylation sites (tertiary alicyclic amines) is 1. The number of aryl methyl sites for hydroxylation is 1. The topological polar surface area (TPSA) is 29.3 Å². The van der Waals surface area contributed by atoms with Gasteiger partial charge >= 0.3 is 0 Å². The predicted octanol–water partition coefficient (Wildman–Crippen LogP) is 2.92. The minimum Gasteiger partial charge on any atom is -0.323 e. The van der Waals surface area contributed by atoms with Crippen molar-refractivity contribution in [3.63, 3.8) is 0 Å². The van der Waals surface area contributed by atoms with Crippen molar-refractivity contribution in [2.75, 3.05) is 20.1 Å². The zero-order chi connectivity index (χ0) is 12.9. The van der Waals surface area contributed by atoms with Crippen molar-refractivity contribution in [2.45, 2.75) is 32.2 Å². The van der Waals surface area contributed by atoms with Crippen molar-refractivity contribution in [1.82, 2.24) is 4.90 Å². The first-order chi connectivity index (χ1) is 8.52. The molecule has 2 N–H and O–H groups in total. The van der Waals surface area contributed by atoms with E-state index in [1.54, 1.807) is 0 Å². The van der Waals surface area contributed by atoms with Crippen LogP contribution in [0.15, 0.2) is 12.1 Å². The lowest BCUT2D eigenvalue weighted by atomic mass is 9.73. The van der Waals surface area contributed by atoms with Crippen molar-refractivity contribution < 1.29 is 0 Å². The lowest BCUT2D eigenvalue weighted by molar-refractivity contribution is 0.106. The Balaban J connectivity index is 1.96. The van der Waals surface area contributed by atoms with E-state index in [2.05, 4.69) is 31.0 Å². The summed E-state index contributed by atoms with van der Waals surface area (Å²) in [5.74, 6) is 0. The minimum absolute atomic E-state index is 0.166. The standard InChI is InChI=1S/C15H21ClN2/c1-10-7-11-9-15(3-5-18(2)6-4-15)14(17)12(11)8-13(10)16/h7-8,14H,3-6,9,17H2,1-2H3. The summed E-state index contributed by atoms with van der Waals surface area (Å²) in [5.41, 5.74) is 10.7. The first kappa shape index (κ1) is 12.5. The van der Waals surface area contributed by atoms with E-state index in [-0.39, 0.29) is 11.5 Å². The summed E-state index contributed by atoms with van der Waals surface area (Å²) in [5, 5.41) is 0.856. The van der Waals surface area contributed by atoms with Gasteiger partial charge in [0.05, 0.1) is 0 Å². The molecule has 0 saturated carbocycles. The highest BCUT2D eigenvalue weighted by atomic mass is 35.5. The van der Waals surface area contributed by atoms with Gasteiger partial charge in [0.15, 0.2) is 0 Å². The molecule has 1 aromatic rings. The maximum absolute atomic E-state index is 6.54. The molecule has 3 rings (SSSR count). The van der Waals surface area contributed by atoms with Gasteiger partial charge in [-0.3, -0.25) is 0 Å². The van der Waals surface area contributed by atoms with E-state index in [4.69, 9.17) is 17.3 Å². The fraction of sp³-hybridized carbons (Fsp3) is 0.600. The Morgan fingerprint density at radius 1 is 1.33 bits per heavy atom. The van der Waals surface area contributed by atoms with Crippen molar-refractivity contribution in [2.24, 2.45) is 11.1 Å². The maximum atomic E-state index is 6.54. The van der Waals surface area contributed by atoms with Gasteiger partial charge in [-0.15, -0.1) is 0 Å². The predicted molar refractivity (Wildman–Crippen MR) is 76.0 cm³/mol. The third-order valence-corrected chi connectivity index (χ3v) is 5.35. The van der Waals surface area contributed by atoms with E-state index in [9.17, 15) is 0 Å². The number of hydrogen-bond acceptors (Lipinski definition) is 2. The first-order valence-corrected chi connectivity index (χ1v) is 7.13. The lowest BCUT2D eigenvalue weighted by Gasteiger charge is -2.41. The number of benzene rings is 1. The molecule has 0 amide bonds. The number of piperidine rings is 1. The van der Waals surface area contributed by atoms with Crippen molar-refractivity contribution in [3.8, 4) is 0 Å². The van der Waals surface area contributed by atoms with Crippen molar-refractivity contribution >= 4 is 11.6 Å². The molecule has 1 atom stereocenters. The molecule has 0 aromatic heterocycles. The number of hydrogen-bond donors (Lipinski definition) is 1. The molecule has 1 fully saturated rings. The van der Waals surface area contributed by atoms with Gasteiger partial charge in [0.25, 0.3) is 0 Å². The van der Waals surface area contributed by atoms with Crippen LogP contribution in [-0.4, -0.2) is 25.0 Å². The van der Waals surface area contributed by atoms with Gasteiger partial charge in [0.1, 0.15) is 0 Å². The van der Waals surface area contributed by atoms with Gasteiger partial charge in [0.2, 0.25) is 0 Å². The average Bonchev–Trinajstić information content (AvgIpc) is 2.59. The van der Waals surface area contributed by atoms with Crippen LogP contribution in [0.2, 0.25) is 5.02 Å². The zero-order valence-corrected chi connectivity index (χ0v) is 11.9. The highest BCUT2D eigenvalue weighted by Crippen LogP contribution is 2.51. The van der Waals surface area contributed by atoms with Gasteiger partial charge in [-0.05, 0) is 74.5 Å². The van der Waals surface area contributed by atoms with Gasteiger partial charge in [-0.1, -0.05) is 17.7 Å². The minimum atomic E-state index is 0.166. The van der Waals surface area contributed by atoms with Crippen LogP contribution in [0, 0.1) is 12.3 Å². The van der Waals surface area contributed by atoms with Crippen LogP contribution in [0.25, 0.3) is 0 Å². The summed E-state index contributed by atoms with van der Waals surface area (Å²) in [6, 6.07) is 4.51. The van der Waals surface area contributed by atoms with E-state index in [1.807, 2.05) is 0 Å². The smallest absolute Gasteiger partial charge is 0.0438 e. The molecule has 2 nitrogen and oxygen atoms in total. The van der Waals surface area contributed by atoms with Crippen molar-refractivity contribution in [3.05, 3.63) is 33.8 Å². The quantitative estimate of drug-likeness (QED) is 0.781. The third-order valence-electron chi connectivity index (χ3n) is 4.94. The number of nitrogens with two attached hydrogens (primary N) is 1. The van der Waals surface area contributed by atoms with E-state index in [0.717, 1.165) is 24.5 Å². The Morgan fingerprint density at radius 3 is 2.67 bits per heavy atom. The molecular weight excluding hydrogens is 244 g/mol. The molecule has 1 saturated heterocycles. The molecule has 98 valence electrons. The highest BCUT2D eigenvalue weighted by Gasteiger charge is 2.45. The molecule has 0 bridgehead atoms. The fourth-order valence-corrected chi connectivity index (χ4v) is 3.74. The second-order valence-electron chi connectivity index (χ2n) is 6.12. The van der Waals surface area contributed by atoms with E-state index in [1.165, 1.54) is 29.5 Å². The molecule has 1 spiro atoms. The zero-order valence-electron chi connectivity index (χ0n) is 11.2. The monoisotopic (exact) mass is 264 g/mol. The Hall–Kier alpha value is -0.570. The lowest BCUT2D eigenvalue weighted by Crippen LogP contribution is -2.42. The molecule has 1 aliphatic carbocycles. The number of fused-ring (bicyclic) bond motifs is 1. The molecule has 1 aromatic carbocycles. The number of nitrogens with zero attached hydrogens (tertiary/aromatic N) is 1. The molecule has 1 heterocycles. The average molecular weight is 265 g/mol. The highest BCUT2D eigenvalue weighted by molar-refractivity contribution is 6.31. The first-order valence-electron chi connectivity index (χ1n) is 6.75. The van der Waals surface area contributed by atoms with E-state index < -0.39 is 0 Å². The number of rotatable bonds is 0. The largest absolute Gasteiger partial charge is 0.323 e. The second-order valence-corrected chi connectivity index (χ2v) is 6.53.